The summed E-state index contributed by atoms with van der Waals surface area (Å²) in [5.41, 5.74) is -0.417. The van der Waals surface area contributed by atoms with E-state index in [1.807, 2.05) is 0 Å². The third-order valence-electron chi connectivity index (χ3n) is 3.35. The molecule has 9 nitrogen and oxygen atoms in total. The molecule has 1 aliphatic rings. The molecule has 0 amide bonds. The van der Waals surface area contributed by atoms with Gasteiger partial charge in [0, 0.05) is 13.5 Å². The first-order chi connectivity index (χ1) is 9.56. The number of aryl methyl sites for hydroxylation is 2. The molecule has 0 aromatic carbocycles. The van der Waals surface area contributed by atoms with Gasteiger partial charge in [-0.1, -0.05) is 0 Å². The highest BCUT2D eigenvalue weighted by atomic mass is 16.4. The number of fused-ring (bicyclic) bond motifs is 1. The maximum Gasteiger partial charge on any atom is 0.347 e. The van der Waals surface area contributed by atoms with Gasteiger partial charge in [0.1, 0.15) is 24.7 Å². The molecule has 2 aromatic heterocycles. The highest BCUT2D eigenvalue weighted by Crippen LogP contribution is 2.21. The average molecular weight is 278 g/mol. The number of hydrogen-bond donors (Lipinski definition) is 1. The Morgan fingerprint density at radius 1 is 1.50 bits per heavy atom. The van der Waals surface area contributed by atoms with Crippen LogP contribution in [0.2, 0.25) is 0 Å². The number of rotatable bonds is 3. The minimum absolute atomic E-state index is 0.145. The van der Waals surface area contributed by atoms with E-state index in [9.17, 15) is 14.7 Å². The predicted molar refractivity (Wildman–Crippen MR) is 66.2 cm³/mol. The Morgan fingerprint density at radius 3 is 2.95 bits per heavy atom. The summed E-state index contributed by atoms with van der Waals surface area (Å²) < 4.78 is 4.04. The van der Waals surface area contributed by atoms with E-state index in [2.05, 4.69) is 15.2 Å². The molecule has 0 aliphatic carbocycles. The highest BCUT2D eigenvalue weighted by Gasteiger charge is 2.30. The van der Waals surface area contributed by atoms with Gasteiger partial charge in [0.25, 0.3) is 0 Å². The first-order valence-electron chi connectivity index (χ1n) is 6.32. The lowest BCUT2D eigenvalue weighted by molar-refractivity contribution is -0.141. The molecule has 0 radical (unpaired) electrons. The molecule has 0 saturated carbocycles. The number of aromatic nitrogens is 6. The van der Waals surface area contributed by atoms with Crippen molar-refractivity contribution in [1.29, 1.82) is 0 Å². The van der Waals surface area contributed by atoms with E-state index in [0.29, 0.717) is 24.5 Å². The molecule has 0 saturated heterocycles. The second kappa shape index (κ2) is 4.58. The summed E-state index contributed by atoms with van der Waals surface area (Å²) in [5.74, 6) is -0.00920. The van der Waals surface area contributed by atoms with Gasteiger partial charge < -0.3 is 5.11 Å². The number of carboxylic acid groups (broad SMARTS) is 1. The zero-order valence-electron chi connectivity index (χ0n) is 10.9. The SMILES string of the molecule is Cn1cnc(Cn2nc3n(c2=O)C(C(=O)O)CCC3)n1. The quantitative estimate of drug-likeness (QED) is 0.786. The highest BCUT2D eigenvalue weighted by molar-refractivity contribution is 5.72. The van der Waals surface area contributed by atoms with Crippen LogP contribution in [0.25, 0.3) is 0 Å². The third-order valence-corrected chi connectivity index (χ3v) is 3.35. The summed E-state index contributed by atoms with van der Waals surface area (Å²) in [7, 11) is 1.73. The second-order valence-electron chi connectivity index (χ2n) is 4.81. The summed E-state index contributed by atoms with van der Waals surface area (Å²) >= 11 is 0. The van der Waals surface area contributed by atoms with Crippen LogP contribution in [0.15, 0.2) is 11.1 Å². The lowest BCUT2D eigenvalue weighted by Crippen LogP contribution is -2.34. The lowest BCUT2D eigenvalue weighted by Gasteiger charge is -2.19. The van der Waals surface area contributed by atoms with E-state index in [1.54, 1.807) is 7.05 Å². The van der Waals surface area contributed by atoms with E-state index < -0.39 is 17.7 Å². The molecular formula is C11H14N6O3. The van der Waals surface area contributed by atoms with Crippen molar-refractivity contribution in [3.05, 3.63) is 28.5 Å². The van der Waals surface area contributed by atoms with Crippen LogP contribution in [0.1, 0.15) is 30.5 Å². The normalized spacial score (nSPS) is 17.9. The van der Waals surface area contributed by atoms with Crippen LogP contribution < -0.4 is 5.69 Å². The summed E-state index contributed by atoms with van der Waals surface area (Å²) in [6.07, 6.45) is 3.32. The van der Waals surface area contributed by atoms with Crippen molar-refractivity contribution in [2.24, 2.45) is 7.05 Å². The molecule has 106 valence electrons. The van der Waals surface area contributed by atoms with E-state index in [1.165, 1.54) is 20.3 Å². The molecule has 0 spiro atoms. The standard InChI is InChI=1S/C11H14N6O3/c1-15-6-12-8(13-15)5-16-11(20)17-7(10(18)19)3-2-4-9(17)14-16/h6-7H,2-5H2,1H3,(H,18,19). The van der Waals surface area contributed by atoms with Gasteiger partial charge in [-0.05, 0) is 12.8 Å². The van der Waals surface area contributed by atoms with Crippen molar-refractivity contribution in [3.63, 3.8) is 0 Å². The molecule has 0 fully saturated rings. The monoisotopic (exact) mass is 278 g/mol. The Hall–Kier alpha value is -2.45. The predicted octanol–water partition coefficient (Wildman–Crippen LogP) is -0.816. The van der Waals surface area contributed by atoms with E-state index in [-0.39, 0.29) is 6.54 Å². The molecule has 2 aromatic rings. The Morgan fingerprint density at radius 2 is 2.30 bits per heavy atom. The number of aliphatic carboxylic acids is 1. The van der Waals surface area contributed by atoms with Crippen molar-refractivity contribution in [2.45, 2.75) is 31.8 Å². The van der Waals surface area contributed by atoms with Crippen LogP contribution in [0, 0.1) is 0 Å². The van der Waals surface area contributed by atoms with E-state index in [0.717, 1.165) is 6.42 Å². The zero-order chi connectivity index (χ0) is 14.3. The number of carboxylic acids is 1. The topological polar surface area (TPSA) is 108 Å². The van der Waals surface area contributed by atoms with Gasteiger partial charge in [-0.3, -0.25) is 9.25 Å². The average Bonchev–Trinajstić information content (AvgIpc) is 2.95. The number of hydrogen-bond acceptors (Lipinski definition) is 5. The van der Waals surface area contributed by atoms with Crippen LogP contribution in [-0.4, -0.2) is 40.2 Å². The van der Waals surface area contributed by atoms with E-state index >= 15 is 0 Å². The Balaban J connectivity index is 1.98. The zero-order valence-corrected chi connectivity index (χ0v) is 10.9. The molecule has 0 bridgehead atoms. The summed E-state index contributed by atoms with van der Waals surface area (Å²) in [4.78, 5) is 27.5. The van der Waals surface area contributed by atoms with Crippen molar-refractivity contribution >= 4 is 5.97 Å². The molecule has 9 heteroatoms. The summed E-state index contributed by atoms with van der Waals surface area (Å²) in [6.45, 7) is 0.145. The Bertz CT molecular complexity index is 712. The first kappa shape index (κ1) is 12.6. The molecule has 1 aliphatic heterocycles. The van der Waals surface area contributed by atoms with Gasteiger partial charge in [0.15, 0.2) is 5.82 Å². The molecule has 3 heterocycles. The van der Waals surface area contributed by atoms with Crippen LogP contribution in [-0.2, 0) is 24.8 Å². The van der Waals surface area contributed by atoms with Crippen LogP contribution in [0.5, 0.6) is 0 Å². The minimum atomic E-state index is -0.997. The lowest BCUT2D eigenvalue weighted by atomic mass is 10.1. The molecule has 1 N–H and O–H groups in total. The second-order valence-corrected chi connectivity index (χ2v) is 4.81. The fraction of sp³-hybridized carbons (Fsp3) is 0.545. The number of nitrogens with zero attached hydrogens (tertiary/aromatic N) is 6. The van der Waals surface area contributed by atoms with Crippen molar-refractivity contribution in [2.75, 3.05) is 0 Å². The molecule has 3 rings (SSSR count). The van der Waals surface area contributed by atoms with Gasteiger partial charge in [0.2, 0.25) is 0 Å². The Labute approximate surface area is 113 Å². The fourth-order valence-corrected chi connectivity index (χ4v) is 2.46. The third kappa shape index (κ3) is 2.00. The van der Waals surface area contributed by atoms with Crippen LogP contribution in [0.4, 0.5) is 0 Å². The fourth-order valence-electron chi connectivity index (χ4n) is 2.46. The molecule has 20 heavy (non-hydrogen) atoms. The van der Waals surface area contributed by atoms with E-state index in [4.69, 9.17) is 0 Å². The van der Waals surface area contributed by atoms with Gasteiger partial charge in [-0.25, -0.2) is 19.3 Å². The smallest absolute Gasteiger partial charge is 0.347 e. The van der Waals surface area contributed by atoms with Crippen LogP contribution >= 0.6 is 0 Å². The maximum atomic E-state index is 12.3. The van der Waals surface area contributed by atoms with Gasteiger partial charge in [0.05, 0.1) is 0 Å². The van der Waals surface area contributed by atoms with Gasteiger partial charge in [-0.2, -0.15) is 10.2 Å². The summed E-state index contributed by atoms with van der Waals surface area (Å²) in [6, 6.07) is -0.823. The largest absolute Gasteiger partial charge is 0.480 e. The maximum absolute atomic E-state index is 12.3. The molecule has 1 atom stereocenters. The van der Waals surface area contributed by atoms with Gasteiger partial charge >= 0.3 is 11.7 Å². The molecule has 1 unspecified atom stereocenters. The first-order valence-corrected chi connectivity index (χ1v) is 6.32. The Kier molecular flexibility index (Phi) is 2.88. The van der Waals surface area contributed by atoms with Crippen molar-refractivity contribution in [3.8, 4) is 0 Å². The van der Waals surface area contributed by atoms with Crippen LogP contribution in [0.3, 0.4) is 0 Å². The number of carbonyl (C=O) groups is 1. The summed E-state index contributed by atoms with van der Waals surface area (Å²) in [5, 5.41) is 17.5. The van der Waals surface area contributed by atoms with Gasteiger partial charge in [-0.15, -0.1) is 0 Å². The van der Waals surface area contributed by atoms with Crippen molar-refractivity contribution in [1.82, 2.24) is 29.1 Å². The molecular weight excluding hydrogens is 264 g/mol. The van der Waals surface area contributed by atoms with Crippen molar-refractivity contribution < 1.29 is 9.90 Å². The minimum Gasteiger partial charge on any atom is -0.480 e.